The van der Waals surface area contributed by atoms with Crippen molar-refractivity contribution in [3.05, 3.63) is 21.5 Å². The number of aromatic nitrogens is 2. The summed E-state index contributed by atoms with van der Waals surface area (Å²) in [4.78, 5) is 36.3. The van der Waals surface area contributed by atoms with Gasteiger partial charge in [0.05, 0.1) is 11.5 Å². The molecule has 1 heterocycles. The van der Waals surface area contributed by atoms with Crippen molar-refractivity contribution in [3.63, 3.8) is 0 Å². The quantitative estimate of drug-likeness (QED) is 0.618. The molecule has 0 aliphatic rings. The summed E-state index contributed by atoms with van der Waals surface area (Å²) in [6.07, 6.45) is 0. The summed E-state index contributed by atoms with van der Waals surface area (Å²) in [5, 5.41) is 17.9. The van der Waals surface area contributed by atoms with Crippen LogP contribution >= 0.6 is 0 Å². The first-order valence-corrected chi connectivity index (χ1v) is 7.73. The summed E-state index contributed by atoms with van der Waals surface area (Å²) < 4.78 is 1.31. The van der Waals surface area contributed by atoms with E-state index in [-0.39, 0.29) is 41.8 Å². The predicted molar refractivity (Wildman–Crippen MR) is 88.5 cm³/mol. The Morgan fingerprint density at radius 2 is 1.92 bits per heavy atom. The van der Waals surface area contributed by atoms with E-state index in [1.807, 2.05) is 20.8 Å². The Balaban J connectivity index is 2.84. The van der Waals surface area contributed by atoms with Crippen molar-refractivity contribution >= 4 is 17.5 Å². The van der Waals surface area contributed by atoms with Gasteiger partial charge in [-0.25, -0.2) is 0 Å². The lowest BCUT2D eigenvalue weighted by Crippen LogP contribution is -2.47. The molecular weight excluding hydrogens is 314 g/mol. The fraction of sp³-hybridized carbons (Fsp3) is 0.667. The highest BCUT2D eigenvalue weighted by atomic mass is 16.6. The number of amides is 2. The smallest absolute Gasteiger partial charge is 0.312 e. The zero-order chi connectivity index (χ0) is 18.7. The average molecular weight is 339 g/mol. The molecule has 9 nitrogen and oxygen atoms in total. The molecule has 0 aromatic carbocycles. The van der Waals surface area contributed by atoms with Gasteiger partial charge in [0.2, 0.25) is 11.8 Å². The summed E-state index contributed by atoms with van der Waals surface area (Å²) in [7, 11) is 0. The highest BCUT2D eigenvalue weighted by Gasteiger charge is 2.25. The number of rotatable bonds is 6. The number of hydrogen-bond acceptors (Lipinski definition) is 5. The molecule has 0 bridgehead atoms. The van der Waals surface area contributed by atoms with Gasteiger partial charge in [-0.05, 0) is 41.5 Å². The van der Waals surface area contributed by atoms with Gasteiger partial charge in [0.15, 0.2) is 0 Å². The molecule has 0 aliphatic heterocycles. The maximum atomic E-state index is 12.4. The van der Waals surface area contributed by atoms with Crippen LogP contribution in [-0.4, -0.2) is 50.0 Å². The van der Waals surface area contributed by atoms with Crippen molar-refractivity contribution in [1.82, 2.24) is 20.0 Å². The van der Waals surface area contributed by atoms with Crippen molar-refractivity contribution in [2.75, 3.05) is 13.1 Å². The first-order chi connectivity index (χ1) is 11.0. The van der Waals surface area contributed by atoms with Gasteiger partial charge in [-0.2, -0.15) is 5.10 Å². The van der Waals surface area contributed by atoms with Crippen molar-refractivity contribution < 1.29 is 14.5 Å². The van der Waals surface area contributed by atoms with Gasteiger partial charge in [-0.15, -0.1) is 0 Å². The monoisotopic (exact) mass is 339 g/mol. The van der Waals surface area contributed by atoms with Gasteiger partial charge in [-0.3, -0.25) is 24.4 Å². The minimum Gasteiger partial charge on any atom is -0.350 e. The van der Waals surface area contributed by atoms with E-state index in [1.165, 1.54) is 16.5 Å². The fourth-order valence-electron chi connectivity index (χ4n) is 2.34. The van der Waals surface area contributed by atoms with Crippen molar-refractivity contribution in [1.29, 1.82) is 0 Å². The number of nitrogens with one attached hydrogen (secondary N) is 1. The van der Waals surface area contributed by atoms with E-state index in [9.17, 15) is 19.7 Å². The SMILES string of the molecule is CCN(CC(=O)NC(C)(C)C)C(=O)Cn1nc(C)c([N+](=O)[O-])c1C. The zero-order valence-electron chi connectivity index (χ0n) is 15.0. The van der Waals surface area contributed by atoms with E-state index in [0.29, 0.717) is 12.2 Å². The van der Waals surface area contributed by atoms with Gasteiger partial charge in [0.1, 0.15) is 17.9 Å². The van der Waals surface area contributed by atoms with Gasteiger partial charge < -0.3 is 10.2 Å². The standard InChI is InChI=1S/C15H25N5O4/c1-7-18(8-12(21)16-15(4,5)6)13(22)9-19-11(3)14(20(23)24)10(2)17-19/h7-9H2,1-6H3,(H,16,21). The van der Waals surface area contributed by atoms with Gasteiger partial charge in [0.25, 0.3) is 0 Å². The van der Waals surface area contributed by atoms with Crippen LogP contribution in [0.1, 0.15) is 39.1 Å². The van der Waals surface area contributed by atoms with Crippen molar-refractivity contribution in [2.24, 2.45) is 0 Å². The Bertz CT molecular complexity index is 645. The first-order valence-electron chi connectivity index (χ1n) is 7.73. The highest BCUT2D eigenvalue weighted by Crippen LogP contribution is 2.21. The number of carbonyl (C=O) groups excluding carboxylic acids is 2. The second-order valence-corrected chi connectivity index (χ2v) is 6.64. The Labute approximate surface area is 141 Å². The van der Waals surface area contributed by atoms with Crippen LogP contribution in [0.3, 0.4) is 0 Å². The summed E-state index contributed by atoms with van der Waals surface area (Å²) >= 11 is 0. The molecule has 1 rings (SSSR count). The second-order valence-electron chi connectivity index (χ2n) is 6.64. The molecule has 24 heavy (non-hydrogen) atoms. The van der Waals surface area contributed by atoms with Crippen LogP contribution in [0.5, 0.6) is 0 Å². The van der Waals surface area contributed by atoms with E-state index < -0.39 is 4.92 Å². The van der Waals surface area contributed by atoms with Crippen LogP contribution in [0.4, 0.5) is 5.69 Å². The molecule has 0 fully saturated rings. The largest absolute Gasteiger partial charge is 0.350 e. The molecule has 0 spiro atoms. The number of hydrogen-bond donors (Lipinski definition) is 1. The third kappa shape index (κ3) is 5.04. The van der Waals surface area contributed by atoms with Gasteiger partial charge in [-0.1, -0.05) is 0 Å². The third-order valence-corrected chi connectivity index (χ3v) is 3.39. The number of carbonyl (C=O) groups is 2. The number of nitrogens with zero attached hydrogens (tertiary/aromatic N) is 4. The molecule has 2 amide bonds. The Morgan fingerprint density at radius 1 is 1.33 bits per heavy atom. The predicted octanol–water partition coefficient (Wildman–Crippen LogP) is 1.17. The van der Waals surface area contributed by atoms with Gasteiger partial charge >= 0.3 is 5.69 Å². The van der Waals surface area contributed by atoms with Crippen LogP contribution in [0.2, 0.25) is 0 Å². The molecule has 0 saturated carbocycles. The van der Waals surface area contributed by atoms with E-state index in [1.54, 1.807) is 13.8 Å². The van der Waals surface area contributed by atoms with Crippen LogP contribution in [-0.2, 0) is 16.1 Å². The Hall–Kier alpha value is -2.45. The van der Waals surface area contributed by atoms with Crippen LogP contribution < -0.4 is 5.32 Å². The average Bonchev–Trinajstić information content (AvgIpc) is 2.68. The molecule has 0 aliphatic carbocycles. The minimum absolute atomic E-state index is 0.0615. The maximum absolute atomic E-state index is 12.4. The van der Waals surface area contributed by atoms with Crippen molar-refractivity contribution in [3.8, 4) is 0 Å². The van der Waals surface area contributed by atoms with E-state index >= 15 is 0 Å². The molecule has 0 saturated heterocycles. The summed E-state index contributed by atoms with van der Waals surface area (Å²) in [6, 6.07) is 0. The lowest BCUT2D eigenvalue weighted by atomic mass is 10.1. The minimum atomic E-state index is -0.507. The lowest BCUT2D eigenvalue weighted by molar-refractivity contribution is -0.386. The van der Waals surface area contributed by atoms with E-state index in [0.717, 1.165) is 0 Å². The summed E-state index contributed by atoms with van der Waals surface area (Å²) in [5.41, 5.74) is 0.117. The first kappa shape index (κ1) is 19.6. The van der Waals surface area contributed by atoms with Crippen molar-refractivity contribution in [2.45, 2.75) is 53.6 Å². The molecule has 1 aromatic heterocycles. The molecule has 134 valence electrons. The molecule has 9 heteroatoms. The maximum Gasteiger partial charge on any atom is 0.312 e. The summed E-state index contributed by atoms with van der Waals surface area (Å²) in [6.45, 7) is 10.6. The highest BCUT2D eigenvalue weighted by molar-refractivity contribution is 5.85. The Kier molecular flexibility index (Phi) is 6.05. The summed E-state index contributed by atoms with van der Waals surface area (Å²) in [5.74, 6) is -0.570. The van der Waals surface area contributed by atoms with E-state index in [4.69, 9.17) is 0 Å². The van der Waals surface area contributed by atoms with Gasteiger partial charge in [0, 0.05) is 12.1 Å². The third-order valence-electron chi connectivity index (χ3n) is 3.39. The fourth-order valence-corrected chi connectivity index (χ4v) is 2.34. The normalized spacial score (nSPS) is 11.2. The lowest BCUT2D eigenvalue weighted by Gasteiger charge is -2.25. The number of likely N-dealkylation sites (N-methyl/N-ethyl adjacent to an activating group) is 1. The second kappa shape index (κ2) is 7.41. The molecule has 0 atom stereocenters. The number of aryl methyl sites for hydroxylation is 1. The molecular formula is C15H25N5O4. The van der Waals surface area contributed by atoms with Crippen LogP contribution in [0.25, 0.3) is 0 Å². The van der Waals surface area contributed by atoms with Crippen LogP contribution in [0, 0.1) is 24.0 Å². The molecule has 1 N–H and O–H groups in total. The topological polar surface area (TPSA) is 110 Å². The molecule has 0 unspecified atom stereocenters. The number of nitro groups is 1. The van der Waals surface area contributed by atoms with E-state index in [2.05, 4.69) is 10.4 Å². The Morgan fingerprint density at radius 3 is 2.33 bits per heavy atom. The zero-order valence-corrected chi connectivity index (χ0v) is 15.0. The molecule has 1 aromatic rings. The van der Waals surface area contributed by atoms with Crippen LogP contribution in [0.15, 0.2) is 0 Å². The molecule has 0 radical (unpaired) electrons.